The summed E-state index contributed by atoms with van der Waals surface area (Å²) in [5, 5.41) is 9.72. The second-order valence-corrected chi connectivity index (χ2v) is 4.66. The van der Waals surface area contributed by atoms with Gasteiger partial charge in [0.05, 0.1) is 0 Å². The van der Waals surface area contributed by atoms with Gasteiger partial charge in [-0.2, -0.15) is 0 Å². The number of unbranched alkanes of at least 4 members (excludes halogenated alkanes) is 4. The van der Waals surface area contributed by atoms with Crippen LogP contribution in [0.2, 0.25) is 0 Å². The van der Waals surface area contributed by atoms with Crippen molar-refractivity contribution in [2.24, 2.45) is 0 Å². The van der Waals surface area contributed by atoms with Crippen molar-refractivity contribution in [1.82, 2.24) is 0 Å². The smallest absolute Gasteiger partial charge is 0.119 e. The number of hydrogen-bond acceptors (Lipinski definition) is 1. The average molecular weight is 220 g/mol. The van der Waals surface area contributed by atoms with Crippen LogP contribution in [0.4, 0.5) is 0 Å². The van der Waals surface area contributed by atoms with Crippen LogP contribution >= 0.6 is 0 Å². The van der Waals surface area contributed by atoms with Gasteiger partial charge in [-0.25, -0.2) is 0 Å². The van der Waals surface area contributed by atoms with Gasteiger partial charge >= 0.3 is 0 Å². The highest BCUT2D eigenvalue weighted by Gasteiger charge is 2.08. The summed E-state index contributed by atoms with van der Waals surface area (Å²) in [6.07, 6.45) is 7.78. The SMILES string of the molecule is CCCCCCCC(C)c1ccccc1O. The summed E-state index contributed by atoms with van der Waals surface area (Å²) in [6.45, 7) is 4.44. The molecule has 1 nitrogen and oxygen atoms in total. The number of para-hydroxylation sites is 1. The number of phenols is 1. The maximum atomic E-state index is 9.72. The van der Waals surface area contributed by atoms with Crippen LogP contribution in [0.1, 0.15) is 63.9 Å². The maximum Gasteiger partial charge on any atom is 0.119 e. The van der Waals surface area contributed by atoms with Crippen LogP contribution in [0.5, 0.6) is 5.75 Å². The molecule has 1 aromatic carbocycles. The molecule has 0 fully saturated rings. The van der Waals surface area contributed by atoms with Gasteiger partial charge in [-0.3, -0.25) is 0 Å². The van der Waals surface area contributed by atoms with Crippen LogP contribution in [0.25, 0.3) is 0 Å². The minimum absolute atomic E-state index is 0.448. The van der Waals surface area contributed by atoms with E-state index in [2.05, 4.69) is 13.8 Å². The van der Waals surface area contributed by atoms with E-state index in [1.165, 1.54) is 38.5 Å². The molecule has 1 rings (SSSR count). The van der Waals surface area contributed by atoms with Crippen molar-refractivity contribution in [3.63, 3.8) is 0 Å². The van der Waals surface area contributed by atoms with E-state index in [0.29, 0.717) is 11.7 Å². The van der Waals surface area contributed by atoms with E-state index >= 15 is 0 Å². The molecule has 0 aromatic heterocycles. The third kappa shape index (κ3) is 4.26. The molecule has 1 aromatic rings. The summed E-state index contributed by atoms with van der Waals surface area (Å²) in [6, 6.07) is 7.70. The predicted octanol–water partition coefficient (Wildman–Crippen LogP) is 4.86. The van der Waals surface area contributed by atoms with E-state index < -0.39 is 0 Å². The molecule has 0 aliphatic heterocycles. The van der Waals surface area contributed by atoms with E-state index in [0.717, 1.165) is 5.56 Å². The highest BCUT2D eigenvalue weighted by Crippen LogP contribution is 2.28. The van der Waals surface area contributed by atoms with Crippen LogP contribution in [0.15, 0.2) is 24.3 Å². The summed E-state index contributed by atoms with van der Waals surface area (Å²) in [7, 11) is 0. The summed E-state index contributed by atoms with van der Waals surface area (Å²) < 4.78 is 0. The van der Waals surface area contributed by atoms with Gasteiger partial charge in [-0.15, -0.1) is 0 Å². The fraction of sp³-hybridized carbons (Fsp3) is 0.600. The number of rotatable bonds is 7. The zero-order valence-corrected chi connectivity index (χ0v) is 10.6. The Bertz CT molecular complexity index is 293. The van der Waals surface area contributed by atoms with Crippen molar-refractivity contribution in [1.29, 1.82) is 0 Å². The highest BCUT2D eigenvalue weighted by atomic mass is 16.3. The minimum atomic E-state index is 0.448. The topological polar surface area (TPSA) is 20.2 Å². The molecule has 0 heterocycles. The van der Waals surface area contributed by atoms with Gasteiger partial charge in [0, 0.05) is 0 Å². The lowest BCUT2D eigenvalue weighted by Crippen LogP contribution is -1.94. The van der Waals surface area contributed by atoms with Gasteiger partial charge in [-0.05, 0) is 24.0 Å². The zero-order chi connectivity index (χ0) is 11.8. The highest BCUT2D eigenvalue weighted by molar-refractivity contribution is 5.34. The lowest BCUT2D eigenvalue weighted by Gasteiger charge is -2.13. The fourth-order valence-electron chi connectivity index (χ4n) is 2.11. The molecule has 1 atom stereocenters. The molecule has 1 N–H and O–H groups in total. The lowest BCUT2D eigenvalue weighted by atomic mass is 9.94. The van der Waals surface area contributed by atoms with Gasteiger partial charge < -0.3 is 5.11 Å². The summed E-state index contributed by atoms with van der Waals surface area (Å²) in [5.41, 5.74) is 1.10. The van der Waals surface area contributed by atoms with Crippen LogP contribution in [0.3, 0.4) is 0 Å². The third-order valence-electron chi connectivity index (χ3n) is 3.21. The van der Waals surface area contributed by atoms with Crippen molar-refractivity contribution in [3.8, 4) is 5.75 Å². The molecular formula is C15H24O. The van der Waals surface area contributed by atoms with E-state index in [1.54, 1.807) is 6.07 Å². The molecular weight excluding hydrogens is 196 g/mol. The van der Waals surface area contributed by atoms with E-state index in [-0.39, 0.29) is 0 Å². The Labute approximate surface area is 99.5 Å². The number of hydrogen-bond donors (Lipinski definition) is 1. The first-order valence-corrected chi connectivity index (χ1v) is 6.53. The normalized spacial score (nSPS) is 12.6. The Hall–Kier alpha value is -0.980. The first-order valence-electron chi connectivity index (χ1n) is 6.53. The Morgan fingerprint density at radius 1 is 1.06 bits per heavy atom. The van der Waals surface area contributed by atoms with Crippen molar-refractivity contribution in [2.45, 2.75) is 58.3 Å². The molecule has 0 bridgehead atoms. The van der Waals surface area contributed by atoms with Crippen LogP contribution in [0, 0.1) is 0 Å². The monoisotopic (exact) mass is 220 g/mol. The molecule has 0 spiro atoms. The number of aromatic hydroxyl groups is 1. The molecule has 90 valence electrons. The first kappa shape index (κ1) is 13.1. The van der Waals surface area contributed by atoms with Crippen molar-refractivity contribution in [2.75, 3.05) is 0 Å². The number of phenolic OH excluding ortho intramolecular Hbond substituents is 1. The molecule has 0 saturated heterocycles. The van der Waals surface area contributed by atoms with Gasteiger partial charge in [-0.1, -0.05) is 64.2 Å². The van der Waals surface area contributed by atoms with Crippen LogP contribution in [-0.2, 0) is 0 Å². The van der Waals surface area contributed by atoms with E-state index in [1.807, 2.05) is 18.2 Å². The Balaban J connectivity index is 2.30. The Morgan fingerprint density at radius 3 is 2.44 bits per heavy atom. The van der Waals surface area contributed by atoms with Crippen LogP contribution < -0.4 is 0 Å². The van der Waals surface area contributed by atoms with Crippen LogP contribution in [-0.4, -0.2) is 5.11 Å². The summed E-state index contributed by atoms with van der Waals surface area (Å²) in [4.78, 5) is 0. The molecule has 0 saturated carbocycles. The largest absolute Gasteiger partial charge is 0.508 e. The second kappa shape index (κ2) is 7.32. The third-order valence-corrected chi connectivity index (χ3v) is 3.21. The first-order chi connectivity index (χ1) is 7.75. The van der Waals surface area contributed by atoms with Gasteiger partial charge in [0.15, 0.2) is 0 Å². The lowest BCUT2D eigenvalue weighted by molar-refractivity contribution is 0.457. The quantitative estimate of drug-likeness (QED) is 0.651. The Morgan fingerprint density at radius 2 is 1.75 bits per heavy atom. The van der Waals surface area contributed by atoms with Crippen molar-refractivity contribution >= 4 is 0 Å². The molecule has 0 radical (unpaired) electrons. The molecule has 0 amide bonds. The second-order valence-electron chi connectivity index (χ2n) is 4.66. The standard InChI is InChI=1S/C15H24O/c1-3-4-5-6-7-10-13(2)14-11-8-9-12-15(14)16/h8-9,11-13,16H,3-7,10H2,1-2H3. The van der Waals surface area contributed by atoms with E-state index in [4.69, 9.17) is 0 Å². The maximum absolute atomic E-state index is 9.72. The molecule has 1 heteroatoms. The van der Waals surface area contributed by atoms with Gasteiger partial charge in [0.1, 0.15) is 5.75 Å². The molecule has 1 unspecified atom stereocenters. The average Bonchev–Trinajstić information content (AvgIpc) is 2.29. The minimum Gasteiger partial charge on any atom is -0.508 e. The molecule has 0 aliphatic carbocycles. The zero-order valence-electron chi connectivity index (χ0n) is 10.6. The summed E-state index contributed by atoms with van der Waals surface area (Å²) >= 11 is 0. The predicted molar refractivity (Wildman–Crippen MR) is 69.9 cm³/mol. The van der Waals surface area contributed by atoms with Crippen molar-refractivity contribution < 1.29 is 5.11 Å². The number of benzene rings is 1. The molecule has 16 heavy (non-hydrogen) atoms. The fourth-order valence-corrected chi connectivity index (χ4v) is 2.11. The van der Waals surface area contributed by atoms with Crippen molar-refractivity contribution in [3.05, 3.63) is 29.8 Å². The molecule has 0 aliphatic rings. The Kier molecular flexibility index (Phi) is 5.99. The van der Waals surface area contributed by atoms with Gasteiger partial charge in [0.25, 0.3) is 0 Å². The van der Waals surface area contributed by atoms with Gasteiger partial charge in [0.2, 0.25) is 0 Å². The summed E-state index contributed by atoms with van der Waals surface area (Å²) in [5.74, 6) is 0.923. The van der Waals surface area contributed by atoms with E-state index in [9.17, 15) is 5.11 Å².